The third-order valence-electron chi connectivity index (χ3n) is 3.70. The summed E-state index contributed by atoms with van der Waals surface area (Å²) in [7, 11) is 0. The van der Waals surface area contributed by atoms with Crippen LogP contribution in [0, 0.1) is 0 Å². The number of nitrogens with two attached hydrogens (primary N) is 1. The Morgan fingerprint density at radius 1 is 0.708 bits per heavy atom. The van der Waals surface area contributed by atoms with Crippen LogP contribution in [0.15, 0.2) is 78.9 Å². The lowest BCUT2D eigenvalue weighted by Crippen LogP contribution is -1.97. The molecule has 0 unspecified atom stereocenters. The molecule has 1 heterocycles. The first-order valence-electron chi connectivity index (χ1n) is 7.65. The summed E-state index contributed by atoms with van der Waals surface area (Å²) < 4.78 is 5.87. The minimum Gasteiger partial charge on any atom is -0.457 e. The van der Waals surface area contributed by atoms with Crippen LogP contribution in [0.25, 0.3) is 22.3 Å². The Bertz CT molecular complexity index is 1000. The van der Waals surface area contributed by atoms with Gasteiger partial charge in [-0.25, -0.2) is 9.97 Å². The van der Waals surface area contributed by atoms with Gasteiger partial charge < -0.3 is 10.5 Å². The van der Waals surface area contributed by atoms with E-state index in [0.29, 0.717) is 11.6 Å². The number of para-hydroxylation sites is 2. The number of anilines is 1. The molecular formula is C20H15N3O. The van der Waals surface area contributed by atoms with Gasteiger partial charge in [-0.15, -0.1) is 0 Å². The van der Waals surface area contributed by atoms with Gasteiger partial charge >= 0.3 is 0 Å². The van der Waals surface area contributed by atoms with Gasteiger partial charge in [0.15, 0.2) is 5.82 Å². The molecule has 0 atom stereocenters. The Labute approximate surface area is 139 Å². The molecule has 0 amide bonds. The lowest BCUT2D eigenvalue weighted by atomic mass is 10.1. The van der Waals surface area contributed by atoms with Gasteiger partial charge in [-0.1, -0.05) is 42.5 Å². The van der Waals surface area contributed by atoms with Gasteiger partial charge in [0.2, 0.25) is 0 Å². The maximum absolute atomic E-state index is 6.07. The quantitative estimate of drug-likeness (QED) is 0.597. The molecule has 0 spiro atoms. The summed E-state index contributed by atoms with van der Waals surface area (Å²) >= 11 is 0. The molecule has 0 aliphatic rings. The van der Waals surface area contributed by atoms with Gasteiger partial charge in [0.25, 0.3) is 0 Å². The molecule has 0 saturated carbocycles. The summed E-state index contributed by atoms with van der Waals surface area (Å²) in [6, 6.07) is 25.1. The average Bonchev–Trinajstić information content (AvgIpc) is 2.63. The number of ether oxygens (including phenoxy) is 1. The zero-order valence-electron chi connectivity index (χ0n) is 12.9. The Kier molecular flexibility index (Phi) is 3.56. The van der Waals surface area contributed by atoms with Crippen LogP contribution >= 0.6 is 0 Å². The fraction of sp³-hybridized carbons (Fsp3) is 0. The summed E-state index contributed by atoms with van der Waals surface area (Å²) in [4.78, 5) is 9.04. The van der Waals surface area contributed by atoms with Gasteiger partial charge in [-0.3, -0.25) is 0 Å². The highest BCUT2D eigenvalue weighted by atomic mass is 16.5. The van der Waals surface area contributed by atoms with Crippen LogP contribution in [0.3, 0.4) is 0 Å². The zero-order valence-corrected chi connectivity index (χ0v) is 12.9. The zero-order chi connectivity index (χ0) is 16.4. The van der Waals surface area contributed by atoms with Crippen LogP contribution in [0.1, 0.15) is 0 Å². The summed E-state index contributed by atoms with van der Waals surface area (Å²) in [6.45, 7) is 0. The van der Waals surface area contributed by atoms with E-state index in [1.54, 1.807) is 0 Å². The van der Waals surface area contributed by atoms with Crippen molar-refractivity contribution >= 4 is 16.7 Å². The van der Waals surface area contributed by atoms with Gasteiger partial charge in [-0.05, 0) is 36.4 Å². The van der Waals surface area contributed by atoms with Crippen LogP contribution in [0.2, 0.25) is 0 Å². The highest BCUT2D eigenvalue weighted by Gasteiger charge is 2.08. The van der Waals surface area contributed by atoms with Crippen LogP contribution < -0.4 is 10.5 Å². The van der Waals surface area contributed by atoms with Crippen molar-refractivity contribution in [3.8, 4) is 22.9 Å². The van der Waals surface area contributed by atoms with Gasteiger partial charge in [0.1, 0.15) is 17.3 Å². The number of nitrogens with zero attached hydrogens (tertiary/aromatic N) is 2. The summed E-state index contributed by atoms with van der Waals surface area (Å²) in [5.41, 5.74) is 7.76. The first-order chi connectivity index (χ1) is 11.8. The van der Waals surface area contributed by atoms with Crippen molar-refractivity contribution in [3.05, 3.63) is 78.9 Å². The van der Waals surface area contributed by atoms with Crippen LogP contribution in [0.4, 0.5) is 5.82 Å². The Morgan fingerprint density at radius 2 is 1.46 bits per heavy atom. The lowest BCUT2D eigenvalue weighted by molar-refractivity contribution is 0.483. The van der Waals surface area contributed by atoms with Crippen molar-refractivity contribution in [3.63, 3.8) is 0 Å². The largest absolute Gasteiger partial charge is 0.457 e. The molecule has 0 aliphatic carbocycles. The fourth-order valence-corrected chi connectivity index (χ4v) is 2.55. The maximum atomic E-state index is 6.07. The van der Waals surface area contributed by atoms with Gasteiger partial charge in [0, 0.05) is 10.9 Å². The molecule has 0 fully saturated rings. The second-order valence-corrected chi connectivity index (χ2v) is 5.39. The predicted octanol–water partition coefficient (Wildman–Crippen LogP) is 4.67. The van der Waals surface area contributed by atoms with E-state index in [1.165, 1.54) is 0 Å². The fourth-order valence-electron chi connectivity index (χ4n) is 2.55. The molecule has 0 radical (unpaired) electrons. The number of hydrogen-bond acceptors (Lipinski definition) is 4. The molecule has 0 bridgehead atoms. The van der Waals surface area contributed by atoms with E-state index in [9.17, 15) is 0 Å². The van der Waals surface area contributed by atoms with Crippen LogP contribution in [-0.4, -0.2) is 9.97 Å². The third-order valence-corrected chi connectivity index (χ3v) is 3.70. The molecule has 4 aromatic rings. The second kappa shape index (κ2) is 6.01. The first-order valence-corrected chi connectivity index (χ1v) is 7.65. The van der Waals surface area contributed by atoms with E-state index >= 15 is 0 Å². The van der Waals surface area contributed by atoms with Gasteiger partial charge in [0.05, 0.1) is 5.52 Å². The molecule has 3 aromatic carbocycles. The third kappa shape index (κ3) is 2.77. The monoisotopic (exact) mass is 313 g/mol. The summed E-state index contributed by atoms with van der Waals surface area (Å²) in [6.07, 6.45) is 0. The maximum Gasteiger partial charge on any atom is 0.162 e. The normalized spacial score (nSPS) is 10.7. The lowest BCUT2D eigenvalue weighted by Gasteiger charge is -2.08. The van der Waals surface area contributed by atoms with E-state index in [0.717, 1.165) is 28.0 Å². The molecule has 4 nitrogen and oxygen atoms in total. The van der Waals surface area contributed by atoms with Crippen LogP contribution in [0.5, 0.6) is 11.5 Å². The van der Waals surface area contributed by atoms with Crippen molar-refractivity contribution in [2.75, 3.05) is 5.73 Å². The number of aromatic nitrogens is 2. The van der Waals surface area contributed by atoms with Crippen molar-refractivity contribution in [1.82, 2.24) is 9.97 Å². The molecule has 0 aliphatic heterocycles. The molecule has 24 heavy (non-hydrogen) atoms. The van der Waals surface area contributed by atoms with Crippen molar-refractivity contribution in [1.29, 1.82) is 0 Å². The molecular weight excluding hydrogens is 298 g/mol. The highest BCUT2D eigenvalue weighted by Crippen LogP contribution is 2.27. The van der Waals surface area contributed by atoms with Crippen molar-refractivity contribution < 1.29 is 4.74 Å². The number of nitrogen functional groups attached to an aromatic ring is 1. The predicted molar refractivity (Wildman–Crippen MR) is 95.9 cm³/mol. The molecule has 1 aromatic heterocycles. The van der Waals surface area contributed by atoms with E-state index < -0.39 is 0 Å². The van der Waals surface area contributed by atoms with Crippen molar-refractivity contribution in [2.24, 2.45) is 0 Å². The standard InChI is InChI=1S/C20H15N3O/c21-19-17-11-4-5-12-18(17)22-20(23-19)14-7-6-10-16(13-14)24-15-8-2-1-3-9-15/h1-13H,(H2,21,22,23). The number of hydrogen-bond donors (Lipinski definition) is 1. The number of rotatable bonds is 3. The van der Waals surface area contributed by atoms with E-state index in [-0.39, 0.29) is 0 Å². The molecule has 2 N–H and O–H groups in total. The summed E-state index contributed by atoms with van der Waals surface area (Å²) in [5.74, 6) is 2.58. The molecule has 0 saturated heterocycles. The topological polar surface area (TPSA) is 61.0 Å². The number of benzene rings is 3. The Hall–Kier alpha value is -3.40. The van der Waals surface area contributed by atoms with Gasteiger partial charge in [-0.2, -0.15) is 0 Å². The Balaban J connectivity index is 1.73. The number of fused-ring (bicyclic) bond motifs is 1. The summed E-state index contributed by atoms with van der Waals surface area (Å²) in [5, 5.41) is 0.859. The average molecular weight is 313 g/mol. The molecule has 4 heteroatoms. The molecule has 116 valence electrons. The van der Waals surface area contributed by atoms with Crippen molar-refractivity contribution in [2.45, 2.75) is 0 Å². The van der Waals surface area contributed by atoms with E-state index in [1.807, 2.05) is 78.9 Å². The SMILES string of the molecule is Nc1nc(-c2cccc(Oc3ccccc3)c2)nc2ccccc12. The minimum absolute atomic E-state index is 0.477. The minimum atomic E-state index is 0.477. The Morgan fingerprint density at radius 3 is 2.33 bits per heavy atom. The molecule has 4 rings (SSSR count). The first kappa shape index (κ1) is 14.2. The second-order valence-electron chi connectivity index (χ2n) is 5.39. The highest BCUT2D eigenvalue weighted by molar-refractivity contribution is 5.89. The van der Waals surface area contributed by atoms with Crippen LogP contribution in [-0.2, 0) is 0 Å². The van der Waals surface area contributed by atoms with E-state index in [2.05, 4.69) is 9.97 Å². The van der Waals surface area contributed by atoms with E-state index in [4.69, 9.17) is 10.5 Å². The smallest absolute Gasteiger partial charge is 0.162 e.